The predicted octanol–water partition coefficient (Wildman–Crippen LogP) is 6.03. The fraction of sp³-hybridized carbons (Fsp3) is 0.367. The van der Waals surface area contributed by atoms with Crippen LogP contribution in [0.1, 0.15) is 29.5 Å². The van der Waals surface area contributed by atoms with Crippen molar-refractivity contribution in [3.05, 3.63) is 95.9 Å². The number of aromatic nitrogens is 1. The highest BCUT2D eigenvalue weighted by atomic mass is 19.4. The first-order chi connectivity index (χ1) is 18.9. The van der Waals surface area contributed by atoms with E-state index in [2.05, 4.69) is 27.3 Å². The van der Waals surface area contributed by atoms with E-state index in [0.29, 0.717) is 17.9 Å². The van der Waals surface area contributed by atoms with E-state index in [4.69, 9.17) is 9.47 Å². The van der Waals surface area contributed by atoms with E-state index in [-0.39, 0.29) is 6.29 Å². The number of rotatable bonds is 10. The maximum Gasteiger partial charge on any atom is 0.416 e. The second-order valence-corrected chi connectivity index (χ2v) is 9.80. The fourth-order valence-corrected chi connectivity index (χ4v) is 4.83. The standard InChI is InChI=1S/C30H33F3N4O2/c31-30(32,33)25-9-6-10-26(21-25)37-17-15-36(16-18-37)14-5-4-12-34-28-20-24(11-13-35-28)27-22-38-29(39-27)19-23-7-2-1-3-8-23/h1-3,6-11,13,20-22,29H,4-5,12,14-19H2,(H,34,35). The topological polar surface area (TPSA) is 49.9 Å². The lowest BCUT2D eigenvalue weighted by atomic mass is 10.1. The molecule has 3 aromatic rings. The number of ether oxygens (including phenoxy) is 2. The van der Waals surface area contributed by atoms with Gasteiger partial charge in [-0.2, -0.15) is 13.2 Å². The number of pyridine rings is 1. The molecule has 0 saturated carbocycles. The zero-order chi connectivity index (χ0) is 27.1. The van der Waals surface area contributed by atoms with Crippen molar-refractivity contribution < 1.29 is 22.6 Å². The van der Waals surface area contributed by atoms with Gasteiger partial charge in [-0.3, -0.25) is 4.90 Å². The highest BCUT2D eigenvalue weighted by molar-refractivity contribution is 5.62. The normalized spacial score (nSPS) is 17.9. The third-order valence-corrected chi connectivity index (χ3v) is 6.99. The number of benzene rings is 2. The van der Waals surface area contributed by atoms with E-state index in [1.165, 1.54) is 12.1 Å². The molecule has 1 saturated heterocycles. The molecule has 2 aliphatic rings. The van der Waals surface area contributed by atoms with Gasteiger partial charge in [-0.25, -0.2) is 4.98 Å². The molecule has 0 bridgehead atoms. The molecule has 2 aliphatic heterocycles. The molecule has 0 aliphatic carbocycles. The molecule has 0 amide bonds. The van der Waals surface area contributed by atoms with Gasteiger partial charge in [0.05, 0.1) is 5.56 Å². The number of nitrogens with zero attached hydrogens (tertiary/aromatic N) is 3. The van der Waals surface area contributed by atoms with Crippen LogP contribution < -0.4 is 10.2 Å². The van der Waals surface area contributed by atoms with Gasteiger partial charge in [-0.1, -0.05) is 36.4 Å². The van der Waals surface area contributed by atoms with Gasteiger partial charge in [0.1, 0.15) is 12.1 Å². The van der Waals surface area contributed by atoms with Crippen LogP contribution in [0.15, 0.2) is 79.2 Å². The average Bonchev–Trinajstić information content (AvgIpc) is 3.42. The number of unbranched alkanes of at least 4 members (excludes halogenated alkanes) is 1. The summed E-state index contributed by atoms with van der Waals surface area (Å²) in [5.41, 5.74) is 2.12. The fourth-order valence-electron chi connectivity index (χ4n) is 4.83. The molecule has 206 valence electrons. The van der Waals surface area contributed by atoms with Crippen molar-refractivity contribution in [2.45, 2.75) is 31.7 Å². The van der Waals surface area contributed by atoms with E-state index in [1.807, 2.05) is 35.2 Å². The maximum atomic E-state index is 13.0. The van der Waals surface area contributed by atoms with Crippen molar-refractivity contribution in [1.82, 2.24) is 9.88 Å². The summed E-state index contributed by atoms with van der Waals surface area (Å²) in [7, 11) is 0. The van der Waals surface area contributed by atoms with Gasteiger partial charge in [0.2, 0.25) is 6.29 Å². The van der Waals surface area contributed by atoms with Gasteiger partial charge in [0.15, 0.2) is 5.76 Å². The van der Waals surface area contributed by atoms with Crippen LogP contribution in [0.25, 0.3) is 5.76 Å². The first-order valence-electron chi connectivity index (χ1n) is 13.4. The summed E-state index contributed by atoms with van der Waals surface area (Å²) >= 11 is 0. The quantitative estimate of drug-likeness (QED) is 0.318. The SMILES string of the molecule is FC(F)(F)c1cccc(N2CCN(CCCCNc3cc(C4=COC(Cc5ccccc5)O4)ccn3)CC2)c1. The minimum absolute atomic E-state index is 0.334. The van der Waals surface area contributed by atoms with E-state index < -0.39 is 11.7 Å². The summed E-state index contributed by atoms with van der Waals surface area (Å²) in [5.74, 6) is 1.49. The first kappa shape index (κ1) is 26.9. The van der Waals surface area contributed by atoms with Crippen LogP contribution in [0.3, 0.4) is 0 Å². The summed E-state index contributed by atoms with van der Waals surface area (Å²) in [5, 5.41) is 3.39. The second-order valence-electron chi connectivity index (χ2n) is 9.80. The molecule has 1 aromatic heterocycles. The molecule has 0 spiro atoms. The highest BCUT2D eigenvalue weighted by Gasteiger charge is 2.31. The lowest BCUT2D eigenvalue weighted by Crippen LogP contribution is -2.46. The third kappa shape index (κ3) is 7.44. The van der Waals surface area contributed by atoms with Gasteiger partial charge in [-0.15, -0.1) is 0 Å². The van der Waals surface area contributed by atoms with Crippen LogP contribution in [-0.4, -0.2) is 55.4 Å². The van der Waals surface area contributed by atoms with Crippen LogP contribution >= 0.6 is 0 Å². The molecule has 5 rings (SSSR count). The zero-order valence-corrected chi connectivity index (χ0v) is 21.7. The van der Waals surface area contributed by atoms with Gasteiger partial charge < -0.3 is 19.7 Å². The van der Waals surface area contributed by atoms with E-state index in [9.17, 15) is 13.2 Å². The van der Waals surface area contributed by atoms with Gasteiger partial charge in [-0.05, 0) is 55.3 Å². The largest absolute Gasteiger partial charge is 0.458 e. The monoisotopic (exact) mass is 538 g/mol. The maximum absolute atomic E-state index is 13.0. The zero-order valence-electron chi connectivity index (χ0n) is 21.7. The second kappa shape index (κ2) is 12.4. The third-order valence-electron chi connectivity index (χ3n) is 6.99. The number of alkyl halides is 3. The van der Waals surface area contributed by atoms with Crippen molar-refractivity contribution in [3.63, 3.8) is 0 Å². The Hall–Kier alpha value is -3.72. The highest BCUT2D eigenvalue weighted by Crippen LogP contribution is 2.32. The van der Waals surface area contributed by atoms with Crippen LogP contribution in [0.5, 0.6) is 0 Å². The number of halogens is 3. The molecule has 1 fully saturated rings. The lowest BCUT2D eigenvalue weighted by Gasteiger charge is -2.36. The Balaban J connectivity index is 1.00. The van der Waals surface area contributed by atoms with Gasteiger partial charge >= 0.3 is 6.18 Å². The molecule has 2 aromatic carbocycles. The molecule has 9 heteroatoms. The molecule has 1 atom stereocenters. The Morgan fingerprint density at radius 2 is 1.74 bits per heavy atom. The first-order valence-corrected chi connectivity index (χ1v) is 13.4. The minimum Gasteiger partial charge on any atom is -0.458 e. The molecule has 6 nitrogen and oxygen atoms in total. The van der Waals surface area contributed by atoms with Crippen molar-refractivity contribution in [1.29, 1.82) is 0 Å². The van der Waals surface area contributed by atoms with Gasteiger partial charge in [0.25, 0.3) is 0 Å². The van der Waals surface area contributed by atoms with Crippen molar-refractivity contribution in [3.8, 4) is 0 Å². The van der Waals surface area contributed by atoms with Crippen LogP contribution in [-0.2, 0) is 22.1 Å². The Bertz CT molecular complexity index is 1240. The summed E-state index contributed by atoms with van der Waals surface area (Å²) in [6.07, 6.45) is 1.47. The van der Waals surface area contributed by atoms with Crippen LogP contribution in [0.4, 0.5) is 24.7 Å². The number of anilines is 2. The molecule has 3 heterocycles. The van der Waals surface area contributed by atoms with Crippen molar-refractivity contribution in [2.24, 2.45) is 0 Å². The van der Waals surface area contributed by atoms with Crippen LogP contribution in [0.2, 0.25) is 0 Å². The predicted molar refractivity (Wildman–Crippen MR) is 146 cm³/mol. The molecular formula is C30H33F3N4O2. The van der Waals surface area contributed by atoms with Crippen LogP contribution in [0, 0.1) is 0 Å². The Labute approximate surface area is 227 Å². The molecule has 1 N–H and O–H groups in total. The van der Waals surface area contributed by atoms with E-state index in [1.54, 1.807) is 18.5 Å². The number of hydrogen-bond donors (Lipinski definition) is 1. The summed E-state index contributed by atoms with van der Waals surface area (Å²) < 4.78 is 50.8. The Morgan fingerprint density at radius 1 is 0.923 bits per heavy atom. The number of piperazine rings is 1. The molecule has 39 heavy (non-hydrogen) atoms. The summed E-state index contributed by atoms with van der Waals surface area (Å²) in [4.78, 5) is 8.83. The average molecular weight is 539 g/mol. The number of hydrogen-bond acceptors (Lipinski definition) is 6. The Kier molecular flexibility index (Phi) is 8.56. The lowest BCUT2D eigenvalue weighted by molar-refractivity contribution is -0.137. The van der Waals surface area contributed by atoms with E-state index >= 15 is 0 Å². The minimum atomic E-state index is -4.32. The number of nitrogens with one attached hydrogen (secondary N) is 1. The molecule has 1 unspecified atom stereocenters. The summed E-state index contributed by atoms with van der Waals surface area (Å²) in [6.45, 7) is 4.90. The summed E-state index contributed by atoms with van der Waals surface area (Å²) in [6, 6.07) is 19.6. The van der Waals surface area contributed by atoms with E-state index in [0.717, 1.165) is 75.1 Å². The molecular weight excluding hydrogens is 505 g/mol. The van der Waals surface area contributed by atoms with Gasteiger partial charge in [0, 0.05) is 56.6 Å². The smallest absolute Gasteiger partial charge is 0.416 e. The van der Waals surface area contributed by atoms with Crippen molar-refractivity contribution in [2.75, 3.05) is 49.5 Å². The molecule has 0 radical (unpaired) electrons. The Morgan fingerprint density at radius 3 is 2.54 bits per heavy atom. The van der Waals surface area contributed by atoms with Crippen molar-refractivity contribution >= 4 is 17.3 Å².